The zero-order valence-electron chi connectivity index (χ0n) is 10.6. The van der Waals surface area contributed by atoms with Crippen molar-refractivity contribution < 1.29 is 33.7 Å². The van der Waals surface area contributed by atoms with E-state index in [4.69, 9.17) is 18.9 Å². The van der Waals surface area contributed by atoms with Crippen LogP contribution in [0.25, 0.3) is 0 Å². The summed E-state index contributed by atoms with van der Waals surface area (Å²) in [4.78, 5) is 0. The summed E-state index contributed by atoms with van der Waals surface area (Å²) in [5, 5.41) is 28.3. The molecule has 0 saturated carbocycles. The van der Waals surface area contributed by atoms with E-state index in [0.717, 1.165) is 0 Å². The van der Waals surface area contributed by atoms with Crippen molar-refractivity contribution in [1.82, 2.24) is 0 Å². The van der Waals surface area contributed by atoms with Crippen LogP contribution in [0.5, 0.6) is 0 Å². The summed E-state index contributed by atoms with van der Waals surface area (Å²) < 4.78 is 27.6. The molecule has 7 nitrogen and oxygen atoms in total. The number of ether oxygens (including phenoxy) is 1. The van der Waals surface area contributed by atoms with Gasteiger partial charge in [-0.25, -0.2) is 0 Å². The first-order chi connectivity index (χ1) is 8.47. The Balaban J connectivity index is 2.67. The van der Waals surface area contributed by atoms with Gasteiger partial charge in [0, 0.05) is 0 Å². The van der Waals surface area contributed by atoms with Crippen molar-refractivity contribution in [2.45, 2.75) is 38.3 Å². The van der Waals surface area contributed by atoms with Gasteiger partial charge in [0.1, 0.15) is 18.3 Å². The van der Waals surface area contributed by atoms with Crippen LogP contribution in [0.2, 0.25) is 0 Å². The van der Waals surface area contributed by atoms with E-state index in [2.05, 4.69) is 0 Å². The minimum Gasteiger partial charge on any atom is -0.394 e. The fraction of sp³-hybridized carbons (Fsp3) is 1.00. The average molecular weight is 284 g/mol. The predicted molar refractivity (Wildman–Crippen MR) is 63.5 cm³/mol. The van der Waals surface area contributed by atoms with Crippen LogP contribution in [-0.2, 0) is 18.3 Å². The second kappa shape index (κ2) is 6.96. The Morgan fingerprint density at radius 2 is 1.61 bits per heavy atom. The molecule has 0 aromatic rings. The van der Waals surface area contributed by atoms with Crippen LogP contribution < -0.4 is 0 Å². The van der Waals surface area contributed by atoms with Gasteiger partial charge >= 0.3 is 7.60 Å². The molecule has 1 saturated heterocycles. The fourth-order valence-corrected chi connectivity index (χ4v) is 3.70. The largest absolute Gasteiger partial charge is 0.394 e. The van der Waals surface area contributed by atoms with Crippen molar-refractivity contribution in [3.05, 3.63) is 0 Å². The highest BCUT2D eigenvalue weighted by Crippen LogP contribution is 2.50. The third-order valence-corrected chi connectivity index (χ3v) is 4.81. The van der Waals surface area contributed by atoms with Crippen molar-refractivity contribution in [2.75, 3.05) is 26.0 Å². The maximum absolute atomic E-state index is 12.2. The maximum atomic E-state index is 12.2. The molecule has 8 heteroatoms. The minimum absolute atomic E-state index is 0.149. The van der Waals surface area contributed by atoms with Crippen LogP contribution in [0.4, 0.5) is 0 Å². The Hall–Kier alpha value is -0.0100. The molecule has 3 N–H and O–H groups in total. The van der Waals surface area contributed by atoms with E-state index in [0.29, 0.717) is 0 Å². The molecule has 0 aliphatic carbocycles. The van der Waals surface area contributed by atoms with Crippen LogP contribution in [-0.4, -0.2) is 65.7 Å². The molecular weight excluding hydrogens is 263 g/mol. The summed E-state index contributed by atoms with van der Waals surface area (Å²) in [6, 6.07) is 0. The van der Waals surface area contributed by atoms with Crippen molar-refractivity contribution in [1.29, 1.82) is 0 Å². The molecule has 1 unspecified atom stereocenters. The van der Waals surface area contributed by atoms with E-state index in [-0.39, 0.29) is 19.4 Å². The highest BCUT2D eigenvalue weighted by Gasteiger charge is 2.45. The van der Waals surface area contributed by atoms with Gasteiger partial charge in [-0.1, -0.05) is 0 Å². The number of aliphatic hydroxyl groups is 3. The molecule has 1 heterocycles. The highest BCUT2D eigenvalue weighted by atomic mass is 31.2. The lowest BCUT2D eigenvalue weighted by atomic mass is 10.1. The standard InChI is InChI=1S/C10H21O7P/c1-3-15-18(14,16-4-2)6-8-10(13)9(12)7(5-11)17-8/h7-13H,3-6H2,1-2H3/t7-,8?,9-,10+/m1/s1. The molecule has 18 heavy (non-hydrogen) atoms. The zero-order valence-corrected chi connectivity index (χ0v) is 11.5. The molecular formula is C10H21O7P. The van der Waals surface area contributed by atoms with Crippen LogP contribution in [0.15, 0.2) is 0 Å². The Labute approximate surface area is 106 Å². The number of hydrogen-bond acceptors (Lipinski definition) is 7. The Kier molecular flexibility index (Phi) is 6.20. The quantitative estimate of drug-likeness (QED) is 0.553. The third-order valence-electron chi connectivity index (χ3n) is 2.70. The minimum atomic E-state index is -3.35. The average Bonchev–Trinajstić information content (AvgIpc) is 2.57. The molecule has 1 rings (SSSR count). The van der Waals surface area contributed by atoms with Crippen LogP contribution in [0.1, 0.15) is 13.8 Å². The first-order valence-corrected chi connectivity index (χ1v) is 7.70. The molecule has 0 aromatic carbocycles. The summed E-state index contributed by atoms with van der Waals surface area (Å²) >= 11 is 0. The Morgan fingerprint density at radius 1 is 1.11 bits per heavy atom. The number of rotatable bonds is 7. The van der Waals surface area contributed by atoms with E-state index in [1.807, 2.05) is 0 Å². The third kappa shape index (κ3) is 3.74. The molecule has 1 aliphatic rings. The molecule has 0 aromatic heterocycles. The van der Waals surface area contributed by atoms with Gasteiger partial charge < -0.3 is 29.1 Å². The molecule has 1 fully saturated rings. The number of hydrogen-bond donors (Lipinski definition) is 3. The van der Waals surface area contributed by atoms with Gasteiger partial charge in [-0.05, 0) is 13.8 Å². The summed E-state index contributed by atoms with van der Waals surface area (Å²) in [6.45, 7) is 3.38. The normalized spacial score (nSPS) is 32.9. The van der Waals surface area contributed by atoms with Gasteiger partial charge in [-0.15, -0.1) is 0 Å². The zero-order chi connectivity index (χ0) is 13.8. The second-order valence-corrected chi connectivity index (χ2v) is 6.11. The Morgan fingerprint density at radius 3 is 2.00 bits per heavy atom. The summed E-state index contributed by atoms with van der Waals surface area (Å²) in [7, 11) is -3.35. The predicted octanol–water partition coefficient (Wildman–Crippen LogP) is -0.266. The van der Waals surface area contributed by atoms with Gasteiger partial charge in [-0.3, -0.25) is 4.57 Å². The first kappa shape index (κ1) is 16.0. The number of aliphatic hydroxyl groups excluding tert-OH is 3. The van der Waals surface area contributed by atoms with E-state index >= 15 is 0 Å². The van der Waals surface area contributed by atoms with Gasteiger partial charge in [0.05, 0.1) is 32.1 Å². The maximum Gasteiger partial charge on any atom is 0.333 e. The first-order valence-electron chi connectivity index (χ1n) is 5.98. The van der Waals surface area contributed by atoms with Crippen LogP contribution >= 0.6 is 7.60 Å². The monoisotopic (exact) mass is 284 g/mol. The molecule has 0 spiro atoms. The van der Waals surface area contributed by atoms with Gasteiger partial charge in [0.15, 0.2) is 0 Å². The summed E-state index contributed by atoms with van der Waals surface area (Å²) in [6.07, 6.45) is -4.31. The molecule has 1 aliphatic heterocycles. The van der Waals surface area contributed by atoms with E-state index in [1.54, 1.807) is 13.8 Å². The van der Waals surface area contributed by atoms with E-state index in [9.17, 15) is 14.8 Å². The SMILES string of the molecule is CCOP(=O)(CC1O[C@H](CO)[C@@H](O)[C@H]1O)OCC. The molecule has 0 radical (unpaired) electrons. The highest BCUT2D eigenvalue weighted by molar-refractivity contribution is 7.53. The lowest BCUT2D eigenvalue weighted by Gasteiger charge is -2.21. The molecule has 108 valence electrons. The smallest absolute Gasteiger partial charge is 0.333 e. The van der Waals surface area contributed by atoms with Gasteiger partial charge in [0.2, 0.25) is 0 Å². The van der Waals surface area contributed by atoms with E-state index < -0.39 is 38.6 Å². The molecule has 0 amide bonds. The molecule has 0 bridgehead atoms. The van der Waals surface area contributed by atoms with Crippen molar-refractivity contribution in [3.8, 4) is 0 Å². The second-order valence-electron chi connectivity index (χ2n) is 4.01. The van der Waals surface area contributed by atoms with E-state index in [1.165, 1.54) is 0 Å². The fourth-order valence-electron chi connectivity index (χ4n) is 1.88. The lowest BCUT2D eigenvalue weighted by Crippen LogP contribution is -2.35. The topological polar surface area (TPSA) is 105 Å². The summed E-state index contributed by atoms with van der Waals surface area (Å²) in [5.74, 6) is 0. The Bertz CT molecular complexity index is 288. The van der Waals surface area contributed by atoms with Crippen molar-refractivity contribution in [3.63, 3.8) is 0 Å². The van der Waals surface area contributed by atoms with Gasteiger partial charge in [-0.2, -0.15) is 0 Å². The van der Waals surface area contributed by atoms with Crippen molar-refractivity contribution >= 4 is 7.60 Å². The van der Waals surface area contributed by atoms with Crippen molar-refractivity contribution in [2.24, 2.45) is 0 Å². The lowest BCUT2D eigenvalue weighted by molar-refractivity contribution is -0.0177. The van der Waals surface area contributed by atoms with Crippen LogP contribution in [0, 0.1) is 0 Å². The molecule has 4 atom stereocenters. The van der Waals surface area contributed by atoms with Gasteiger partial charge in [0.25, 0.3) is 0 Å². The summed E-state index contributed by atoms with van der Waals surface area (Å²) in [5.41, 5.74) is 0. The van der Waals surface area contributed by atoms with Crippen LogP contribution in [0.3, 0.4) is 0 Å².